The molecule has 2 N–H and O–H groups in total. The van der Waals surface area contributed by atoms with Crippen molar-refractivity contribution in [3.05, 3.63) is 40.3 Å². The van der Waals surface area contributed by atoms with Crippen LogP contribution in [0.2, 0.25) is 0 Å². The molecule has 0 radical (unpaired) electrons. The first-order chi connectivity index (χ1) is 8.22. The zero-order valence-corrected chi connectivity index (χ0v) is 11.3. The number of benzene rings is 1. The monoisotopic (exact) mass is 294 g/mol. The van der Waals surface area contributed by atoms with Crippen LogP contribution in [-0.2, 0) is 6.42 Å². The van der Waals surface area contributed by atoms with E-state index < -0.39 is 0 Å². The molecule has 90 valence electrons. The highest BCUT2D eigenvalue weighted by molar-refractivity contribution is 9.10. The Balaban J connectivity index is 2.33. The van der Waals surface area contributed by atoms with Crippen molar-refractivity contribution in [1.29, 1.82) is 0 Å². The Morgan fingerprint density at radius 3 is 2.82 bits per heavy atom. The molecule has 1 aromatic carbocycles. The molecule has 2 aromatic rings. The van der Waals surface area contributed by atoms with Crippen molar-refractivity contribution >= 4 is 15.9 Å². The average Bonchev–Trinajstić information content (AvgIpc) is 2.68. The standard InChI is InChI=1S/C13H15BrN2O/c1-9-13(10-5-2-3-6-11(10)14)16-12(15-9)7-4-8-17/h2-3,5-6,17H,4,7-8H2,1H3,(H,15,16). The highest BCUT2D eigenvalue weighted by Gasteiger charge is 2.10. The van der Waals surface area contributed by atoms with E-state index in [9.17, 15) is 0 Å². The van der Waals surface area contributed by atoms with E-state index in [4.69, 9.17) is 5.11 Å². The third-order valence-corrected chi connectivity index (χ3v) is 3.33. The molecule has 0 aliphatic carbocycles. The number of hydrogen-bond donors (Lipinski definition) is 2. The van der Waals surface area contributed by atoms with Gasteiger partial charge in [0.05, 0.1) is 5.69 Å². The minimum Gasteiger partial charge on any atom is -0.396 e. The average molecular weight is 295 g/mol. The number of aromatic nitrogens is 2. The lowest BCUT2D eigenvalue weighted by Crippen LogP contribution is -1.91. The van der Waals surface area contributed by atoms with Crippen LogP contribution in [0.15, 0.2) is 28.7 Å². The maximum absolute atomic E-state index is 8.82. The predicted octanol–water partition coefficient (Wildman–Crippen LogP) is 3.07. The molecule has 17 heavy (non-hydrogen) atoms. The SMILES string of the molecule is Cc1[nH]c(CCCO)nc1-c1ccccc1Br. The van der Waals surface area contributed by atoms with Crippen LogP contribution in [0.25, 0.3) is 11.3 Å². The number of imidazole rings is 1. The van der Waals surface area contributed by atoms with Crippen LogP contribution >= 0.6 is 15.9 Å². The Kier molecular flexibility index (Phi) is 3.97. The van der Waals surface area contributed by atoms with Gasteiger partial charge in [-0.05, 0) is 19.4 Å². The van der Waals surface area contributed by atoms with Gasteiger partial charge in [0.1, 0.15) is 5.82 Å². The first kappa shape index (κ1) is 12.3. The second-order valence-corrected chi connectivity index (χ2v) is 4.82. The molecule has 0 atom stereocenters. The predicted molar refractivity (Wildman–Crippen MR) is 71.9 cm³/mol. The first-order valence-corrected chi connectivity index (χ1v) is 6.43. The van der Waals surface area contributed by atoms with Gasteiger partial charge in [-0.25, -0.2) is 4.98 Å². The van der Waals surface area contributed by atoms with Crippen LogP contribution in [0.3, 0.4) is 0 Å². The Morgan fingerprint density at radius 1 is 1.35 bits per heavy atom. The molecular weight excluding hydrogens is 280 g/mol. The second-order valence-electron chi connectivity index (χ2n) is 3.96. The number of aryl methyl sites for hydroxylation is 2. The van der Waals surface area contributed by atoms with Gasteiger partial charge in [-0.15, -0.1) is 0 Å². The van der Waals surface area contributed by atoms with Crippen molar-refractivity contribution in [1.82, 2.24) is 9.97 Å². The number of rotatable bonds is 4. The van der Waals surface area contributed by atoms with E-state index >= 15 is 0 Å². The van der Waals surface area contributed by atoms with E-state index in [1.165, 1.54) is 0 Å². The molecular formula is C13H15BrN2O. The summed E-state index contributed by atoms with van der Waals surface area (Å²) in [5.74, 6) is 0.933. The minimum atomic E-state index is 0.199. The summed E-state index contributed by atoms with van der Waals surface area (Å²) in [4.78, 5) is 7.84. The fourth-order valence-corrected chi connectivity index (χ4v) is 2.28. The maximum Gasteiger partial charge on any atom is 0.107 e. The summed E-state index contributed by atoms with van der Waals surface area (Å²) in [6.45, 7) is 2.22. The Labute approximate surface area is 109 Å². The molecule has 0 aliphatic rings. The molecule has 0 unspecified atom stereocenters. The molecule has 0 fully saturated rings. The summed E-state index contributed by atoms with van der Waals surface area (Å²) >= 11 is 3.54. The van der Waals surface area contributed by atoms with E-state index in [-0.39, 0.29) is 6.61 Å². The number of halogens is 1. The summed E-state index contributed by atoms with van der Waals surface area (Å²) in [5.41, 5.74) is 3.13. The summed E-state index contributed by atoms with van der Waals surface area (Å²) < 4.78 is 1.04. The van der Waals surface area contributed by atoms with Gasteiger partial charge in [0.25, 0.3) is 0 Å². The number of aliphatic hydroxyl groups excluding tert-OH is 1. The van der Waals surface area contributed by atoms with Crippen LogP contribution in [0.1, 0.15) is 17.9 Å². The van der Waals surface area contributed by atoms with Gasteiger partial charge in [0, 0.05) is 28.8 Å². The maximum atomic E-state index is 8.82. The smallest absolute Gasteiger partial charge is 0.107 e. The zero-order chi connectivity index (χ0) is 12.3. The number of nitrogens with zero attached hydrogens (tertiary/aromatic N) is 1. The Hall–Kier alpha value is -1.13. The molecule has 4 heteroatoms. The summed E-state index contributed by atoms with van der Waals surface area (Å²) in [6.07, 6.45) is 1.52. The Bertz CT molecular complexity index is 508. The number of aliphatic hydroxyl groups is 1. The fraction of sp³-hybridized carbons (Fsp3) is 0.308. The van der Waals surface area contributed by atoms with Crippen molar-refractivity contribution < 1.29 is 5.11 Å². The topological polar surface area (TPSA) is 48.9 Å². The number of hydrogen-bond acceptors (Lipinski definition) is 2. The van der Waals surface area contributed by atoms with Crippen LogP contribution in [0.4, 0.5) is 0 Å². The Morgan fingerprint density at radius 2 is 2.12 bits per heavy atom. The van der Waals surface area contributed by atoms with Crippen LogP contribution in [0, 0.1) is 6.92 Å². The minimum absolute atomic E-state index is 0.199. The van der Waals surface area contributed by atoms with Crippen LogP contribution in [0.5, 0.6) is 0 Å². The molecule has 1 heterocycles. The second kappa shape index (κ2) is 5.47. The van der Waals surface area contributed by atoms with Crippen LogP contribution in [-0.4, -0.2) is 21.7 Å². The lowest BCUT2D eigenvalue weighted by atomic mass is 10.1. The third kappa shape index (κ3) is 2.76. The lowest BCUT2D eigenvalue weighted by molar-refractivity contribution is 0.287. The van der Waals surface area contributed by atoms with Gasteiger partial charge in [0.15, 0.2) is 0 Å². The van der Waals surface area contributed by atoms with Crippen molar-refractivity contribution in [2.75, 3.05) is 6.61 Å². The van der Waals surface area contributed by atoms with Crippen molar-refractivity contribution in [3.8, 4) is 11.3 Å². The van der Waals surface area contributed by atoms with Crippen molar-refractivity contribution in [2.24, 2.45) is 0 Å². The van der Waals surface area contributed by atoms with Gasteiger partial charge in [-0.1, -0.05) is 34.1 Å². The highest BCUT2D eigenvalue weighted by Crippen LogP contribution is 2.28. The van der Waals surface area contributed by atoms with E-state index in [0.717, 1.165) is 40.1 Å². The normalized spacial score (nSPS) is 10.8. The number of nitrogens with one attached hydrogen (secondary N) is 1. The molecule has 0 saturated carbocycles. The molecule has 0 aliphatic heterocycles. The number of aromatic amines is 1. The van der Waals surface area contributed by atoms with E-state index in [1.54, 1.807) is 0 Å². The fourth-order valence-electron chi connectivity index (χ4n) is 1.80. The largest absolute Gasteiger partial charge is 0.396 e. The van der Waals surface area contributed by atoms with Crippen LogP contribution < -0.4 is 0 Å². The summed E-state index contributed by atoms with van der Waals surface area (Å²) in [6, 6.07) is 8.05. The quantitative estimate of drug-likeness (QED) is 0.910. The van der Waals surface area contributed by atoms with Gasteiger partial charge in [-0.2, -0.15) is 0 Å². The molecule has 0 bridgehead atoms. The van der Waals surface area contributed by atoms with Gasteiger partial charge >= 0.3 is 0 Å². The van der Waals surface area contributed by atoms with Gasteiger partial charge in [-0.3, -0.25) is 0 Å². The van der Waals surface area contributed by atoms with Gasteiger partial charge in [0.2, 0.25) is 0 Å². The first-order valence-electron chi connectivity index (χ1n) is 5.63. The number of H-pyrrole nitrogens is 1. The van der Waals surface area contributed by atoms with E-state index in [1.807, 2.05) is 31.2 Å². The summed E-state index contributed by atoms with van der Waals surface area (Å²) in [5, 5.41) is 8.82. The lowest BCUT2D eigenvalue weighted by Gasteiger charge is -2.01. The van der Waals surface area contributed by atoms with Crippen molar-refractivity contribution in [2.45, 2.75) is 19.8 Å². The third-order valence-electron chi connectivity index (χ3n) is 2.63. The molecule has 0 spiro atoms. The van der Waals surface area contributed by atoms with Gasteiger partial charge < -0.3 is 10.1 Å². The molecule has 2 rings (SSSR count). The molecule has 3 nitrogen and oxygen atoms in total. The zero-order valence-electron chi connectivity index (χ0n) is 9.70. The molecule has 0 amide bonds. The summed E-state index contributed by atoms with van der Waals surface area (Å²) in [7, 11) is 0. The van der Waals surface area contributed by atoms with E-state index in [0.29, 0.717) is 0 Å². The molecule has 0 saturated heterocycles. The van der Waals surface area contributed by atoms with E-state index in [2.05, 4.69) is 25.9 Å². The highest BCUT2D eigenvalue weighted by atomic mass is 79.9. The molecule has 1 aromatic heterocycles. The van der Waals surface area contributed by atoms with Crippen molar-refractivity contribution in [3.63, 3.8) is 0 Å².